The van der Waals surface area contributed by atoms with Crippen molar-refractivity contribution in [2.24, 2.45) is 0 Å². The van der Waals surface area contributed by atoms with E-state index in [1.165, 1.54) is 31.3 Å². The number of methoxy groups -OCH3 is 2. The van der Waals surface area contributed by atoms with Gasteiger partial charge in [-0.2, -0.15) is 0 Å². The molecule has 0 saturated heterocycles. The van der Waals surface area contributed by atoms with Gasteiger partial charge in [-0.05, 0) is 50.3 Å². The molecule has 0 unspecified atom stereocenters. The van der Waals surface area contributed by atoms with Crippen molar-refractivity contribution in [2.75, 3.05) is 31.4 Å². The number of ether oxygens (including phenoxy) is 2. The summed E-state index contributed by atoms with van der Waals surface area (Å²) in [7, 11) is 3.14. The fourth-order valence-electron chi connectivity index (χ4n) is 3.27. The summed E-state index contributed by atoms with van der Waals surface area (Å²) in [5.74, 6) is 0.955. The summed E-state index contributed by atoms with van der Waals surface area (Å²) >= 11 is 0. The van der Waals surface area contributed by atoms with Gasteiger partial charge in [0.25, 0.3) is 5.91 Å². The number of benzene rings is 1. The summed E-state index contributed by atoms with van der Waals surface area (Å²) in [6.07, 6.45) is 11.7. The maximum atomic E-state index is 12.7. The molecule has 1 heterocycles. The molecule has 148 valence electrons. The molecule has 6 heteroatoms. The Balaban J connectivity index is 1.63. The van der Waals surface area contributed by atoms with Crippen molar-refractivity contribution < 1.29 is 14.3 Å². The van der Waals surface area contributed by atoms with Gasteiger partial charge in [0.1, 0.15) is 11.5 Å². The van der Waals surface area contributed by atoms with E-state index < -0.39 is 0 Å². The molecular weight excluding hydrogens is 354 g/mol. The lowest BCUT2D eigenvalue weighted by Gasteiger charge is -2.14. The number of nitrogens with one attached hydrogen (secondary N) is 2. The van der Waals surface area contributed by atoms with Crippen molar-refractivity contribution in [3.63, 3.8) is 0 Å². The van der Waals surface area contributed by atoms with Gasteiger partial charge < -0.3 is 20.1 Å². The first-order valence-corrected chi connectivity index (χ1v) is 9.60. The Kier molecular flexibility index (Phi) is 6.89. The number of rotatable bonds is 8. The molecule has 0 spiro atoms. The van der Waals surface area contributed by atoms with Crippen molar-refractivity contribution in [3.05, 3.63) is 53.9 Å². The highest BCUT2D eigenvalue weighted by molar-refractivity contribution is 6.05. The van der Waals surface area contributed by atoms with E-state index in [2.05, 4.69) is 21.7 Å². The molecule has 0 aliphatic heterocycles. The van der Waals surface area contributed by atoms with Gasteiger partial charge in [-0.15, -0.1) is 0 Å². The zero-order valence-corrected chi connectivity index (χ0v) is 16.5. The van der Waals surface area contributed by atoms with Gasteiger partial charge in [0, 0.05) is 25.0 Å². The summed E-state index contributed by atoms with van der Waals surface area (Å²) < 4.78 is 10.5. The quantitative estimate of drug-likeness (QED) is 0.651. The van der Waals surface area contributed by atoms with Gasteiger partial charge in [0.15, 0.2) is 0 Å². The van der Waals surface area contributed by atoms with Crippen molar-refractivity contribution in [1.82, 2.24) is 4.98 Å². The second-order valence-corrected chi connectivity index (χ2v) is 6.77. The van der Waals surface area contributed by atoms with Crippen LogP contribution in [-0.2, 0) is 0 Å². The van der Waals surface area contributed by atoms with Crippen LogP contribution in [0.25, 0.3) is 0 Å². The van der Waals surface area contributed by atoms with E-state index in [0.717, 1.165) is 18.7 Å². The van der Waals surface area contributed by atoms with Crippen molar-refractivity contribution >= 4 is 17.3 Å². The average molecular weight is 381 g/mol. The Hall–Kier alpha value is -3.02. The lowest BCUT2D eigenvalue weighted by molar-refractivity contribution is 0.102. The maximum Gasteiger partial charge on any atom is 0.257 e. The largest absolute Gasteiger partial charge is 0.497 e. The van der Waals surface area contributed by atoms with Gasteiger partial charge in [-0.3, -0.25) is 9.78 Å². The fourth-order valence-corrected chi connectivity index (χ4v) is 3.27. The van der Waals surface area contributed by atoms with Gasteiger partial charge >= 0.3 is 0 Å². The molecule has 0 bridgehead atoms. The van der Waals surface area contributed by atoms with Crippen LogP contribution < -0.4 is 20.1 Å². The topological polar surface area (TPSA) is 72.5 Å². The predicted octanol–water partition coefficient (Wildman–Crippen LogP) is 4.65. The molecule has 1 aliphatic rings. The van der Waals surface area contributed by atoms with Crippen LogP contribution in [0.2, 0.25) is 0 Å². The standard InChI is InChI=1S/C22H27N3O3/c1-27-19-8-9-21(28-2)20(13-19)25-22(26)17-12-18(15-23-14-17)24-11-10-16-6-4-3-5-7-16/h6,8-9,12-15,24H,3-5,7,10-11H2,1-2H3,(H,25,26). The SMILES string of the molecule is COc1ccc(OC)c(NC(=O)c2cncc(NCCC3=CCCCC3)c2)c1. The molecule has 0 saturated carbocycles. The molecule has 0 radical (unpaired) electrons. The van der Waals surface area contributed by atoms with Crippen molar-refractivity contribution in [2.45, 2.75) is 32.1 Å². The first-order valence-electron chi connectivity index (χ1n) is 9.60. The molecule has 1 aliphatic carbocycles. The normalized spacial score (nSPS) is 13.4. The van der Waals surface area contributed by atoms with Gasteiger partial charge in [0.2, 0.25) is 0 Å². The second kappa shape index (κ2) is 9.78. The monoisotopic (exact) mass is 381 g/mol. The summed E-state index contributed by atoms with van der Waals surface area (Å²) in [5.41, 5.74) is 3.38. The Morgan fingerprint density at radius 2 is 2.04 bits per heavy atom. The number of nitrogens with zero attached hydrogens (tertiary/aromatic N) is 1. The van der Waals surface area contributed by atoms with Crippen molar-refractivity contribution in [3.8, 4) is 11.5 Å². The zero-order chi connectivity index (χ0) is 19.8. The number of amides is 1. The van der Waals surface area contributed by atoms with Gasteiger partial charge in [-0.1, -0.05) is 11.6 Å². The third-order valence-electron chi connectivity index (χ3n) is 4.82. The predicted molar refractivity (Wildman–Crippen MR) is 111 cm³/mol. The number of aromatic nitrogens is 1. The molecule has 28 heavy (non-hydrogen) atoms. The lowest BCUT2D eigenvalue weighted by atomic mass is 9.97. The highest BCUT2D eigenvalue weighted by Crippen LogP contribution is 2.29. The molecule has 1 aromatic heterocycles. The van der Waals surface area contributed by atoms with E-state index in [1.807, 2.05) is 6.07 Å². The smallest absolute Gasteiger partial charge is 0.257 e. The zero-order valence-electron chi connectivity index (χ0n) is 16.5. The van der Waals surface area contributed by atoms with Crippen LogP contribution in [-0.4, -0.2) is 31.7 Å². The van der Waals surface area contributed by atoms with E-state index in [4.69, 9.17) is 9.47 Å². The molecule has 3 rings (SSSR count). The number of allylic oxidation sites excluding steroid dienone is 1. The van der Waals surface area contributed by atoms with Crippen LogP contribution in [0.3, 0.4) is 0 Å². The summed E-state index contributed by atoms with van der Waals surface area (Å²) in [4.78, 5) is 16.9. The van der Waals surface area contributed by atoms with Gasteiger partial charge in [0.05, 0.1) is 31.2 Å². The van der Waals surface area contributed by atoms with Crippen LogP contribution in [0, 0.1) is 0 Å². The second-order valence-electron chi connectivity index (χ2n) is 6.77. The van der Waals surface area contributed by atoms with Crippen LogP contribution >= 0.6 is 0 Å². The Labute approximate surface area is 166 Å². The molecular formula is C22H27N3O3. The lowest BCUT2D eigenvalue weighted by Crippen LogP contribution is -2.14. The first kappa shape index (κ1) is 19.7. The number of carbonyl (C=O) groups is 1. The van der Waals surface area contributed by atoms with E-state index in [0.29, 0.717) is 22.7 Å². The van der Waals surface area contributed by atoms with E-state index in [1.54, 1.807) is 44.8 Å². The van der Waals surface area contributed by atoms with Crippen LogP contribution in [0.1, 0.15) is 42.5 Å². The minimum atomic E-state index is -0.252. The molecule has 2 aromatic rings. The third-order valence-corrected chi connectivity index (χ3v) is 4.82. The molecule has 0 atom stereocenters. The number of carbonyl (C=O) groups excluding carboxylic acids is 1. The van der Waals surface area contributed by atoms with E-state index in [-0.39, 0.29) is 5.91 Å². The molecule has 6 nitrogen and oxygen atoms in total. The molecule has 0 fully saturated rings. The number of pyridine rings is 1. The Morgan fingerprint density at radius 3 is 2.79 bits per heavy atom. The first-order chi connectivity index (χ1) is 13.7. The van der Waals surface area contributed by atoms with E-state index >= 15 is 0 Å². The summed E-state index contributed by atoms with van der Waals surface area (Å²) in [6.45, 7) is 0.836. The Bertz CT molecular complexity index is 849. The Morgan fingerprint density at radius 1 is 1.14 bits per heavy atom. The molecule has 2 N–H and O–H groups in total. The number of hydrogen-bond acceptors (Lipinski definition) is 5. The van der Waals surface area contributed by atoms with Gasteiger partial charge in [-0.25, -0.2) is 0 Å². The minimum Gasteiger partial charge on any atom is -0.497 e. The van der Waals surface area contributed by atoms with Crippen molar-refractivity contribution in [1.29, 1.82) is 0 Å². The minimum absolute atomic E-state index is 0.252. The highest BCUT2D eigenvalue weighted by atomic mass is 16.5. The number of hydrogen-bond donors (Lipinski definition) is 2. The summed E-state index contributed by atoms with van der Waals surface area (Å²) in [6, 6.07) is 7.07. The maximum absolute atomic E-state index is 12.7. The third kappa shape index (κ3) is 5.25. The molecule has 1 aromatic carbocycles. The van der Waals surface area contributed by atoms with Crippen LogP contribution in [0.5, 0.6) is 11.5 Å². The number of anilines is 2. The highest BCUT2D eigenvalue weighted by Gasteiger charge is 2.12. The van der Waals surface area contributed by atoms with Crippen LogP contribution in [0.15, 0.2) is 48.3 Å². The van der Waals surface area contributed by atoms with E-state index in [9.17, 15) is 4.79 Å². The fraction of sp³-hybridized carbons (Fsp3) is 0.364. The summed E-state index contributed by atoms with van der Waals surface area (Å²) in [5, 5.41) is 6.23. The van der Waals surface area contributed by atoms with Crippen LogP contribution in [0.4, 0.5) is 11.4 Å². The average Bonchev–Trinajstić information content (AvgIpc) is 2.74. The molecule has 1 amide bonds.